The van der Waals surface area contributed by atoms with Crippen LogP contribution in [0.15, 0.2) is 54.9 Å². The van der Waals surface area contributed by atoms with E-state index in [4.69, 9.17) is 44.1 Å². The lowest BCUT2D eigenvalue weighted by Gasteiger charge is -2.16. The monoisotopic (exact) mass is 542 g/mol. The van der Waals surface area contributed by atoms with Crippen molar-refractivity contribution in [2.45, 2.75) is 0 Å². The first-order valence-corrected chi connectivity index (χ1v) is 11.1. The second-order valence-electron chi connectivity index (χ2n) is 7.31. The number of carboxylic acids is 1. The molecule has 0 spiro atoms. The van der Waals surface area contributed by atoms with Crippen LogP contribution in [0.5, 0.6) is 11.5 Å². The Bertz CT molecular complexity index is 1450. The summed E-state index contributed by atoms with van der Waals surface area (Å²) in [6.45, 7) is 0. The highest BCUT2D eigenvalue weighted by molar-refractivity contribution is 6.41. The van der Waals surface area contributed by atoms with Crippen LogP contribution in [0.25, 0.3) is 22.2 Å². The number of carboxylic acid groups (broad SMARTS) is 1. The van der Waals surface area contributed by atoms with Crippen molar-refractivity contribution in [2.24, 2.45) is 11.5 Å². The Hall–Kier alpha value is -4.41. The number of primary amides is 2. The van der Waals surface area contributed by atoms with Gasteiger partial charge in [0.1, 0.15) is 17.0 Å². The second-order valence-corrected chi connectivity index (χ2v) is 8.07. The van der Waals surface area contributed by atoms with E-state index in [1.807, 2.05) is 0 Å². The lowest BCUT2D eigenvalue weighted by atomic mass is 10.00. The average molecular weight is 543 g/mol. The summed E-state index contributed by atoms with van der Waals surface area (Å²) in [5.74, 6) is -1.40. The molecule has 2 amide bonds. The summed E-state index contributed by atoms with van der Waals surface area (Å²) >= 11 is 12.9. The van der Waals surface area contributed by atoms with Gasteiger partial charge >= 0.3 is 5.97 Å². The van der Waals surface area contributed by atoms with E-state index >= 15 is 0 Å². The number of benzene rings is 3. The summed E-state index contributed by atoms with van der Waals surface area (Å²) in [6.07, 6.45) is 2.89. The van der Waals surface area contributed by atoms with Crippen LogP contribution < -0.4 is 20.9 Å². The third-order valence-corrected chi connectivity index (χ3v) is 5.90. The molecule has 0 unspecified atom stereocenters. The summed E-state index contributed by atoms with van der Waals surface area (Å²) in [4.78, 5) is 41.0. The van der Waals surface area contributed by atoms with Gasteiger partial charge in [-0.1, -0.05) is 29.3 Å². The highest BCUT2D eigenvalue weighted by Gasteiger charge is 2.22. The van der Waals surface area contributed by atoms with Crippen molar-refractivity contribution in [1.29, 1.82) is 0 Å². The first-order valence-electron chi connectivity index (χ1n) is 10.4. The largest absolute Gasteiger partial charge is 0.495 e. The lowest BCUT2D eigenvalue weighted by molar-refractivity contribution is 0.0698. The van der Waals surface area contributed by atoms with Crippen LogP contribution in [0, 0.1) is 0 Å². The number of ether oxygens (including phenoxy) is 2. The Kier molecular flexibility index (Phi) is 8.49. The van der Waals surface area contributed by atoms with Crippen molar-refractivity contribution >= 4 is 52.0 Å². The predicted octanol–water partition coefficient (Wildman–Crippen LogP) is 4.20. The summed E-state index contributed by atoms with van der Waals surface area (Å²) in [7, 11) is 2.95. The van der Waals surface area contributed by atoms with Crippen LogP contribution in [0.3, 0.4) is 0 Å². The first kappa shape index (κ1) is 27.2. The molecule has 0 saturated heterocycles. The van der Waals surface area contributed by atoms with Gasteiger partial charge in [-0.15, -0.1) is 0 Å². The zero-order valence-electron chi connectivity index (χ0n) is 19.5. The molecule has 0 radical (unpaired) electrons. The van der Waals surface area contributed by atoms with E-state index in [2.05, 4.69) is 9.97 Å². The van der Waals surface area contributed by atoms with Gasteiger partial charge in [0.2, 0.25) is 11.8 Å². The number of amides is 2. The van der Waals surface area contributed by atoms with Crippen molar-refractivity contribution in [3.8, 4) is 22.6 Å². The number of nitrogens with zero attached hydrogens (tertiary/aromatic N) is 2. The van der Waals surface area contributed by atoms with E-state index in [1.165, 1.54) is 56.9 Å². The fourth-order valence-corrected chi connectivity index (χ4v) is 4.06. The van der Waals surface area contributed by atoms with Gasteiger partial charge in [-0.2, -0.15) is 0 Å². The molecule has 1 aromatic heterocycles. The van der Waals surface area contributed by atoms with E-state index < -0.39 is 17.8 Å². The summed E-state index contributed by atoms with van der Waals surface area (Å²) in [5, 5.41) is 9.89. The number of methoxy groups -OCH3 is 2. The van der Waals surface area contributed by atoms with Crippen molar-refractivity contribution in [3.05, 3.63) is 81.6 Å². The van der Waals surface area contributed by atoms with Crippen molar-refractivity contribution in [3.63, 3.8) is 0 Å². The number of aromatic carboxylic acids is 1. The van der Waals surface area contributed by atoms with Crippen molar-refractivity contribution in [2.75, 3.05) is 14.2 Å². The van der Waals surface area contributed by atoms with Gasteiger partial charge in [-0.25, -0.2) is 4.79 Å². The SMILES string of the molecule is COc1cc(OC)c(Cl)c(-c2ccc(C(=O)O)c3nccnc23)c1Cl.NC(=O)c1ccc(C(N)=O)cc1. The molecule has 5 N–H and O–H groups in total. The molecular weight excluding hydrogens is 523 g/mol. The Morgan fingerprint density at radius 3 is 1.65 bits per heavy atom. The van der Waals surface area contributed by atoms with E-state index in [-0.39, 0.29) is 21.1 Å². The summed E-state index contributed by atoms with van der Waals surface area (Å²) in [6, 6.07) is 10.4. The van der Waals surface area contributed by atoms with Gasteiger partial charge < -0.3 is 26.0 Å². The lowest BCUT2D eigenvalue weighted by Crippen LogP contribution is -2.13. The van der Waals surface area contributed by atoms with Gasteiger partial charge in [0.15, 0.2) is 0 Å². The summed E-state index contributed by atoms with van der Waals surface area (Å²) < 4.78 is 10.6. The minimum atomic E-state index is -1.10. The quantitative estimate of drug-likeness (QED) is 0.325. The molecule has 0 aliphatic rings. The van der Waals surface area contributed by atoms with Crippen LogP contribution in [0.2, 0.25) is 10.0 Å². The number of halogens is 2. The smallest absolute Gasteiger partial charge is 0.337 e. The predicted molar refractivity (Wildman–Crippen MR) is 139 cm³/mol. The molecule has 0 aliphatic carbocycles. The highest BCUT2D eigenvalue weighted by atomic mass is 35.5. The molecule has 37 heavy (non-hydrogen) atoms. The number of carbonyl (C=O) groups is 3. The third-order valence-electron chi connectivity index (χ3n) is 5.15. The van der Waals surface area contributed by atoms with Gasteiger partial charge in [0, 0.05) is 40.7 Å². The van der Waals surface area contributed by atoms with Crippen LogP contribution >= 0.6 is 23.2 Å². The molecular formula is C25H20Cl2N4O6. The Morgan fingerprint density at radius 2 is 1.24 bits per heavy atom. The number of hydrogen-bond acceptors (Lipinski definition) is 7. The maximum Gasteiger partial charge on any atom is 0.337 e. The molecule has 0 fully saturated rings. The van der Waals surface area contributed by atoms with Crippen LogP contribution in [0.4, 0.5) is 0 Å². The normalized spacial score (nSPS) is 10.3. The number of aromatic nitrogens is 2. The second kappa shape index (κ2) is 11.5. The number of hydrogen-bond donors (Lipinski definition) is 3. The van der Waals surface area contributed by atoms with Gasteiger partial charge in [-0.3, -0.25) is 19.6 Å². The molecule has 0 bridgehead atoms. The molecule has 0 atom stereocenters. The molecule has 10 nitrogen and oxygen atoms in total. The fraction of sp³-hybridized carbons (Fsp3) is 0.0800. The van der Waals surface area contributed by atoms with E-state index in [9.17, 15) is 19.5 Å². The van der Waals surface area contributed by atoms with Gasteiger partial charge in [0.05, 0.1) is 35.3 Å². The van der Waals surface area contributed by atoms with E-state index in [0.29, 0.717) is 39.3 Å². The van der Waals surface area contributed by atoms with Crippen LogP contribution in [-0.2, 0) is 0 Å². The molecule has 4 aromatic rings. The Balaban J connectivity index is 0.000000266. The zero-order valence-corrected chi connectivity index (χ0v) is 21.0. The van der Waals surface area contributed by atoms with Gasteiger partial charge in [0.25, 0.3) is 0 Å². The molecule has 1 heterocycles. The molecule has 0 aliphatic heterocycles. The minimum absolute atomic E-state index is 0.0361. The standard InChI is InChI=1S/C17H12Cl2N2O4.C8H8N2O2/c1-24-10-7-11(25-2)14(19)12(13(10)18)8-3-4-9(17(22)23)16-15(8)20-5-6-21-16;9-7(11)5-1-2-6(4-3-5)8(10)12/h3-7H,1-2H3,(H,22,23);1-4H,(H2,9,11)(H2,10,12). The van der Waals surface area contributed by atoms with Crippen LogP contribution in [0.1, 0.15) is 31.1 Å². The first-order chi connectivity index (χ1) is 17.6. The average Bonchev–Trinajstić information content (AvgIpc) is 2.89. The fourth-order valence-electron chi connectivity index (χ4n) is 3.35. The van der Waals surface area contributed by atoms with E-state index in [0.717, 1.165) is 0 Å². The minimum Gasteiger partial charge on any atom is -0.495 e. The topological polar surface area (TPSA) is 168 Å². The van der Waals surface area contributed by atoms with Crippen LogP contribution in [-0.4, -0.2) is 47.1 Å². The van der Waals surface area contributed by atoms with Gasteiger partial charge in [-0.05, 0) is 30.3 Å². The van der Waals surface area contributed by atoms with E-state index in [1.54, 1.807) is 12.1 Å². The maximum atomic E-state index is 11.4. The molecule has 12 heteroatoms. The zero-order chi connectivity index (χ0) is 27.3. The Morgan fingerprint density at radius 1 is 0.784 bits per heavy atom. The summed E-state index contributed by atoms with van der Waals surface area (Å²) in [5.41, 5.74) is 12.3. The number of fused-ring (bicyclic) bond motifs is 1. The maximum absolute atomic E-state index is 11.4. The molecule has 0 saturated carbocycles. The molecule has 4 rings (SSSR count). The molecule has 3 aromatic carbocycles. The third kappa shape index (κ3) is 5.71. The molecule has 190 valence electrons. The number of carbonyl (C=O) groups excluding carboxylic acids is 2. The number of nitrogens with two attached hydrogens (primary N) is 2. The van der Waals surface area contributed by atoms with Crippen molar-refractivity contribution < 1.29 is 29.0 Å². The Labute approximate surface area is 220 Å². The highest BCUT2D eigenvalue weighted by Crippen LogP contribution is 2.47. The number of rotatable bonds is 6. The van der Waals surface area contributed by atoms with Crippen molar-refractivity contribution in [1.82, 2.24) is 9.97 Å².